The van der Waals surface area contributed by atoms with Crippen molar-refractivity contribution in [2.24, 2.45) is 17.8 Å². The molecule has 5 heterocycles. The molecule has 2 unspecified atom stereocenters. The zero-order valence-electron chi connectivity index (χ0n) is 37.1. The summed E-state index contributed by atoms with van der Waals surface area (Å²) in [6.07, 6.45) is 4.89. The highest BCUT2D eigenvalue weighted by Gasteiger charge is 2.58. The molecule has 3 aliphatic rings. The highest BCUT2D eigenvalue weighted by atomic mass is 16.7. The Morgan fingerprint density at radius 1 is 1.08 bits per heavy atom. The standard InChI is InChI=1S/C44H66N8O9/c1-10-35-44(8)38(52(42(56)61-44)18-12-11-17-51-24-33(48-49-51)31-14-13-15-32(45)21-31)30(6)47-23-26(2)22-43(7,57-9)39(28(4)36(53)29(5)40(55)59-35)60-41-37(54)34(20-27(3)58-41)50-19-16-46-25-50/h13-16,19,21,24-30,34-35,37-39,41,47,54H,10-12,17-18,20,22-23,45H2,1-9H3/t26-,27-,28+,29-,30-,34?,35-,37?,38-,39-,41+,43-,44-/m1/s1. The van der Waals surface area contributed by atoms with Gasteiger partial charge in [0.2, 0.25) is 0 Å². The molecule has 13 atom stereocenters. The molecule has 3 aromatic rings. The Kier molecular flexibility index (Phi) is 14.6. The number of aryl methyl sites for hydroxylation is 1. The van der Waals surface area contributed by atoms with E-state index >= 15 is 0 Å². The highest BCUT2D eigenvalue weighted by molar-refractivity contribution is 6.00. The monoisotopic (exact) mass is 850 g/mol. The summed E-state index contributed by atoms with van der Waals surface area (Å²) in [5.74, 6) is -3.26. The van der Waals surface area contributed by atoms with Gasteiger partial charge in [0.05, 0.1) is 42.4 Å². The molecule has 0 radical (unpaired) electrons. The number of ketones is 1. The molecule has 6 rings (SSSR count). The number of unbranched alkanes of at least 4 members (excludes halogenated alkanes) is 1. The summed E-state index contributed by atoms with van der Waals surface area (Å²) in [5, 5.41) is 23.9. The van der Waals surface area contributed by atoms with Gasteiger partial charge in [0, 0.05) is 55.8 Å². The maximum absolute atomic E-state index is 14.4. The Morgan fingerprint density at radius 2 is 1.84 bits per heavy atom. The average molecular weight is 851 g/mol. The first-order valence-corrected chi connectivity index (χ1v) is 21.7. The zero-order chi connectivity index (χ0) is 44.2. The Hall–Kier alpha value is -4.42. The topological polar surface area (TPSA) is 207 Å². The number of carbonyl (C=O) groups excluding carboxylic acids is 3. The number of rotatable bonds is 11. The second kappa shape index (κ2) is 19.3. The van der Waals surface area contributed by atoms with Gasteiger partial charge in [0.25, 0.3) is 0 Å². The molecule has 2 aromatic heterocycles. The van der Waals surface area contributed by atoms with Gasteiger partial charge in [0.1, 0.15) is 23.8 Å². The third-order valence-corrected chi connectivity index (χ3v) is 13.1. The van der Waals surface area contributed by atoms with Gasteiger partial charge < -0.3 is 44.4 Å². The Bertz CT molecular complexity index is 1950. The number of fused-ring (bicyclic) bond motifs is 1. The molecule has 0 saturated carbocycles. The number of aliphatic hydroxyl groups is 1. The van der Waals surface area contributed by atoms with Gasteiger partial charge in [-0.05, 0) is 91.3 Å². The molecule has 17 nitrogen and oxygen atoms in total. The number of benzene rings is 1. The normalized spacial score (nSPS) is 35.5. The van der Waals surface area contributed by atoms with Crippen molar-refractivity contribution in [2.45, 2.75) is 154 Å². The number of cyclic esters (lactones) is 1. The first-order valence-electron chi connectivity index (χ1n) is 21.7. The van der Waals surface area contributed by atoms with Crippen LogP contribution in [0.1, 0.15) is 93.5 Å². The summed E-state index contributed by atoms with van der Waals surface area (Å²) in [4.78, 5) is 48.3. The number of anilines is 1. The van der Waals surface area contributed by atoms with Crippen LogP contribution >= 0.6 is 0 Å². The van der Waals surface area contributed by atoms with E-state index in [1.54, 1.807) is 42.3 Å². The molecule has 0 bridgehead atoms. The van der Waals surface area contributed by atoms with E-state index in [0.29, 0.717) is 57.4 Å². The maximum atomic E-state index is 14.4. The summed E-state index contributed by atoms with van der Waals surface area (Å²) in [5.41, 5.74) is 5.90. The summed E-state index contributed by atoms with van der Waals surface area (Å²) >= 11 is 0. The van der Waals surface area contributed by atoms with Crippen molar-refractivity contribution in [3.8, 4) is 11.3 Å². The number of ether oxygens (including phenoxy) is 5. The number of aliphatic hydroxyl groups excluding tert-OH is 1. The molecule has 3 aliphatic heterocycles. The van der Waals surface area contributed by atoms with E-state index in [-0.39, 0.29) is 24.1 Å². The van der Waals surface area contributed by atoms with Crippen LogP contribution < -0.4 is 11.1 Å². The lowest BCUT2D eigenvalue weighted by atomic mass is 9.78. The van der Waals surface area contributed by atoms with E-state index in [2.05, 4.69) is 27.5 Å². The summed E-state index contributed by atoms with van der Waals surface area (Å²) in [6, 6.07) is 6.28. The predicted octanol–water partition coefficient (Wildman–Crippen LogP) is 4.79. The number of amides is 1. The number of nitrogens with one attached hydrogen (secondary N) is 1. The van der Waals surface area contributed by atoms with Crippen LogP contribution in [0.25, 0.3) is 11.3 Å². The van der Waals surface area contributed by atoms with Gasteiger partial charge in [-0.25, -0.2) is 9.78 Å². The van der Waals surface area contributed by atoms with Gasteiger partial charge >= 0.3 is 12.1 Å². The number of aromatic nitrogens is 5. The number of hydrogen-bond donors (Lipinski definition) is 3. The van der Waals surface area contributed by atoms with Crippen LogP contribution in [0.2, 0.25) is 0 Å². The summed E-state index contributed by atoms with van der Waals surface area (Å²) < 4.78 is 35.2. The lowest BCUT2D eigenvalue weighted by Gasteiger charge is -2.46. The second-order valence-corrected chi connectivity index (χ2v) is 17.8. The molecule has 3 saturated heterocycles. The Balaban J connectivity index is 1.22. The minimum absolute atomic E-state index is 0.0318. The predicted molar refractivity (Wildman–Crippen MR) is 226 cm³/mol. The number of nitrogen functional groups attached to an aromatic ring is 1. The number of esters is 1. The van der Waals surface area contributed by atoms with Crippen LogP contribution in [0.3, 0.4) is 0 Å². The minimum Gasteiger partial charge on any atom is -0.458 e. The molecule has 0 aliphatic carbocycles. The zero-order valence-corrected chi connectivity index (χ0v) is 37.1. The molecule has 0 spiro atoms. The first-order chi connectivity index (χ1) is 29.0. The molecule has 4 N–H and O–H groups in total. The molecule has 336 valence electrons. The van der Waals surface area contributed by atoms with Gasteiger partial charge in [-0.2, -0.15) is 0 Å². The third kappa shape index (κ3) is 9.96. The van der Waals surface area contributed by atoms with Crippen LogP contribution in [0.4, 0.5) is 10.5 Å². The van der Waals surface area contributed by atoms with Gasteiger partial charge in [-0.1, -0.05) is 38.1 Å². The van der Waals surface area contributed by atoms with Crippen molar-refractivity contribution in [3.05, 3.63) is 49.2 Å². The minimum atomic E-state index is -1.24. The number of nitrogens with zero attached hydrogens (tertiary/aromatic N) is 6. The van der Waals surface area contributed by atoms with Crippen molar-refractivity contribution in [1.29, 1.82) is 0 Å². The quantitative estimate of drug-likeness (QED) is 0.103. The van der Waals surface area contributed by atoms with Crippen LogP contribution in [0, 0.1) is 17.8 Å². The second-order valence-electron chi connectivity index (χ2n) is 17.8. The van der Waals surface area contributed by atoms with Crippen LogP contribution in [-0.4, -0.2) is 127 Å². The van der Waals surface area contributed by atoms with Gasteiger partial charge in [0.15, 0.2) is 17.7 Å². The Labute approximate surface area is 359 Å². The van der Waals surface area contributed by atoms with Crippen molar-refractivity contribution >= 4 is 23.5 Å². The fraction of sp³-hybridized carbons (Fsp3) is 0.682. The first kappa shape index (κ1) is 46.1. The fourth-order valence-electron chi connectivity index (χ4n) is 9.70. The molecule has 3 fully saturated rings. The van der Waals surface area contributed by atoms with Crippen molar-refractivity contribution in [1.82, 2.24) is 34.8 Å². The average Bonchev–Trinajstić information content (AvgIpc) is 4.00. The Morgan fingerprint density at radius 3 is 2.52 bits per heavy atom. The number of hydrogen-bond acceptors (Lipinski definition) is 14. The number of carbonyl (C=O) groups is 3. The van der Waals surface area contributed by atoms with Gasteiger partial charge in [-0.3, -0.25) is 19.2 Å². The van der Waals surface area contributed by atoms with Crippen LogP contribution in [0.15, 0.2) is 49.2 Å². The number of methoxy groups -OCH3 is 1. The van der Waals surface area contributed by atoms with E-state index in [1.807, 2.05) is 69.6 Å². The summed E-state index contributed by atoms with van der Waals surface area (Å²) in [7, 11) is 1.58. The van der Waals surface area contributed by atoms with Crippen molar-refractivity contribution in [3.63, 3.8) is 0 Å². The lowest BCUT2D eigenvalue weighted by molar-refractivity contribution is -0.294. The SMILES string of the molecule is CC[C@H]1OC(=O)[C@H](C)C(=O)[C@H](C)[C@@H](O[C@@H]2O[C@H](C)CC(n3ccnc3)C2O)[C@](C)(OC)C[C@@H](C)CN[C@H](C)[C@H]2N(CCCCn3cc(-c4cccc(N)c4)nn3)C(=O)O[C@]12C. The van der Waals surface area contributed by atoms with E-state index < -0.39 is 71.5 Å². The maximum Gasteiger partial charge on any atom is 0.410 e. The number of nitrogens with two attached hydrogens (primary N) is 1. The highest BCUT2D eigenvalue weighted by Crippen LogP contribution is 2.40. The van der Waals surface area contributed by atoms with Crippen LogP contribution in [-0.2, 0) is 39.8 Å². The van der Waals surface area contributed by atoms with E-state index in [9.17, 15) is 19.5 Å². The largest absolute Gasteiger partial charge is 0.458 e. The third-order valence-electron chi connectivity index (χ3n) is 13.1. The van der Waals surface area contributed by atoms with E-state index in [4.69, 9.17) is 29.4 Å². The van der Waals surface area contributed by atoms with Gasteiger partial charge in [-0.15, -0.1) is 5.10 Å². The van der Waals surface area contributed by atoms with E-state index in [0.717, 1.165) is 11.3 Å². The summed E-state index contributed by atoms with van der Waals surface area (Å²) in [6.45, 7) is 16.3. The fourth-order valence-corrected chi connectivity index (χ4v) is 9.70. The van der Waals surface area contributed by atoms with Crippen molar-refractivity contribution < 1.29 is 43.2 Å². The lowest BCUT2D eigenvalue weighted by Crippen LogP contribution is -2.61. The molecular formula is C44H66N8O9. The smallest absolute Gasteiger partial charge is 0.410 e. The van der Waals surface area contributed by atoms with Crippen molar-refractivity contribution in [2.75, 3.05) is 25.9 Å². The molecular weight excluding hydrogens is 785 g/mol. The van der Waals surface area contributed by atoms with Crippen LogP contribution in [0.5, 0.6) is 0 Å². The number of Topliss-reactive ketones (excluding diaryl/α,β-unsaturated/α-hetero) is 1. The molecule has 61 heavy (non-hydrogen) atoms. The van der Waals surface area contributed by atoms with E-state index in [1.165, 1.54) is 6.92 Å². The molecule has 1 amide bonds. The molecule has 1 aromatic carbocycles. The number of imidazole rings is 1. The molecule has 17 heteroatoms.